The molecule has 0 bridgehead atoms. The molecule has 2 heterocycles. The molecule has 1 fully saturated rings. The Labute approximate surface area is 208 Å². The highest BCUT2D eigenvalue weighted by molar-refractivity contribution is 5.95. The molecular formula is C27H23F6N3O. The van der Waals surface area contributed by atoms with Crippen LogP contribution in [-0.2, 0) is 12.7 Å². The van der Waals surface area contributed by atoms with E-state index in [9.17, 15) is 31.4 Å². The van der Waals surface area contributed by atoms with Crippen molar-refractivity contribution in [1.82, 2.24) is 9.78 Å². The van der Waals surface area contributed by atoms with Gasteiger partial charge in [0, 0.05) is 54.0 Å². The Hall–Kier alpha value is -3.53. The highest BCUT2D eigenvalue weighted by Gasteiger charge is 2.35. The third-order valence-corrected chi connectivity index (χ3v) is 6.77. The van der Waals surface area contributed by atoms with Crippen LogP contribution in [0.5, 0.6) is 0 Å². The second-order valence-electron chi connectivity index (χ2n) is 9.24. The number of benzene rings is 3. The minimum atomic E-state index is -4.69. The van der Waals surface area contributed by atoms with E-state index in [0.29, 0.717) is 24.2 Å². The largest absolute Gasteiger partial charge is 0.418 e. The summed E-state index contributed by atoms with van der Waals surface area (Å²) in [4.78, 5) is 2.13. The van der Waals surface area contributed by atoms with Crippen LogP contribution in [0.15, 0.2) is 54.6 Å². The van der Waals surface area contributed by atoms with Crippen molar-refractivity contribution in [2.75, 3.05) is 24.6 Å². The van der Waals surface area contributed by atoms with Gasteiger partial charge in [0.2, 0.25) is 0 Å². The number of aliphatic hydroxyl groups is 1. The molecule has 0 saturated carbocycles. The van der Waals surface area contributed by atoms with Crippen LogP contribution < -0.4 is 4.90 Å². The molecule has 1 atom stereocenters. The molecule has 1 N–H and O–H groups in total. The molecule has 1 aromatic heterocycles. The Morgan fingerprint density at radius 2 is 1.68 bits per heavy atom. The lowest BCUT2D eigenvalue weighted by Gasteiger charge is -2.33. The molecule has 0 amide bonds. The quantitative estimate of drug-likeness (QED) is 0.311. The number of nitrogens with zero attached hydrogens (tertiary/aromatic N) is 3. The monoisotopic (exact) mass is 519 g/mol. The Morgan fingerprint density at radius 1 is 0.973 bits per heavy atom. The van der Waals surface area contributed by atoms with Crippen molar-refractivity contribution in [3.63, 3.8) is 0 Å². The van der Waals surface area contributed by atoms with E-state index < -0.39 is 41.3 Å². The van der Waals surface area contributed by atoms with Gasteiger partial charge in [-0.05, 0) is 37.0 Å². The van der Waals surface area contributed by atoms with Gasteiger partial charge in [0.05, 0.1) is 17.8 Å². The SMILES string of the molecule is OCC1CCCN(c2ccc(-c3c4cccc(C(F)(F)F)c4nn3Cc3c(F)cc(F)cc3F)cc2)C1. The summed E-state index contributed by atoms with van der Waals surface area (Å²) in [5.74, 6) is -3.24. The molecule has 0 radical (unpaired) electrons. The van der Waals surface area contributed by atoms with Gasteiger partial charge in [0.1, 0.15) is 23.0 Å². The van der Waals surface area contributed by atoms with Crippen LogP contribution in [0, 0.1) is 23.4 Å². The first kappa shape index (κ1) is 25.1. The molecule has 1 unspecified atom stereocenters. The molecule has 3 aromatic carbocycles. The molecule has 194 valence electrons. The molecule has 5 rings (SSSR count). The summed E-state index contributed by atoms with van der Waals surface area (Å²) in [6.45, 7) is 1.06. The van der Waals surface area contributed by atoms with Crippen molar-refractivity contribution in [1.29, 1.82) is 0 Å². The predicted molar refractivity (Wildman–Crippen MR) is 128 cm³/mol. The number of piperidine rings is 1. The Bertz CT molecular complexity index is 1410. The summed E-state index contributed by atoms with van der Waals surface area (Å²) in [5, 5.41) is 13.8. The van der Waals surface area contributed by atoms with Crippen molar-refractivity contribution >= 4 is 16.6 Å². The average Bonchev–Trinajstić information content (AvgIpc) is 3.23. The fraction of sp³-hybridized carbons (Fsp3) is 0.296. The maximum absolute atomic E-state index is 14.5. The first-order valence-electron chi connectivity index (χ1n) is 11.8. The minimum Gasteiger partial charge on any atom is -0.396 e. The van der Waals surface area contributed by atoms with E-state index in [2.05, 4.69) is 10.00 Å². The van der Waals surface area contributed by atoms with E-state index in [0.717, 1.165) is 35.8 Å². The maximum atomic E-state index is 14.5. The number of hydrogen-bond acceptors (Lipinski definition) is 3. The van der Waals surface area contributed by atoms with Crippen LogP contribution in [0.2, 0.25) is 0 Å². The first-order valence-corrected chi connectivity index (χ1v) is 11.8. The zero-order chi connectivity index (χ0) is 26.3. The fourth-order valence-corrected chi connectivity index (χ4v) is 4.95. The molecule has 0 aliphatic carbocycles. The zero-order valence-corrected chi connectivity index (χ0v) is 19.6. The number of anilines is 1. The smallest absolute Gasteiger partial charge is 0.396 e. The van der Waals surface area contributed by atoms with E-state index in [1.165, 1.54) is 12.1 Å². The number of alkyl halides is 3. The second-order valence-corrected chi connectivity index (χ2v) is 9.24. The van der Waals surface area contributed by atoms with Gasteiger partial charge < -0.3 is 10.0 Å². The van der Waals surface area contributed by atoms with E-state index >= 15 is 0 Å². The molecule has 4 nitrogen and oxygen atoms in total. The van der Waals surface area contributed by atoms with Crippen molar-refractivity contribution in [2.45, 2.75) is 25.6 Å². The highest BCUT2D eigenvalue weighted by Crippen LogP contribution is 2.39. The number of halogens is 6. The molecule has 10 heteroatoms. The topological polar surface area (TPSA) is 41.3 Å². The van der Waals surface area contributed by atoms with Gasteiger partial charge in [0.15, 0.2) is 0 Å². The van der Waals surface area contributed by atoms with Crippen LogP contribution >= 0.6 is 0 Å². The third-order valence-electron chi connectivity index (χ3n) is 6.77. The molecular weight excluding hydrogens is 496 g/mol. The second kappa shape index (κ2) is 9.74. The van der Waals surface area contributed by atoms with E-state index in [-0.39, 0.29) is 29.1 Å². The summed E-state index contributed by atoms with van der Waals surface area (Å²) >= 11 is 0. The number of fused-ring (bicyclic) bond motifs is 1. The number of aromatic nitrogens is 2. The van der Waals surface area contributed by atoms with E-state index in [4.69, 9.17) is 0 Å². The molecule has 1 aliphatic rings. The molecule has 37 heavy (non-hydrogen) atoms. The Balaban J connectivity index is 1.62. The highest BCUT2D eigenvalue weighted by atomic mass is 19.4. The zero-order valence-electron chi connectivity index (χ0n) is 19.6. The summed E-state index contributed by atoms with van der Waals surface area (Å²) in [6.07, 6.45) is -2.82. The van der Waals surface area contributed by atoms with Crippen molar-refractivity contribution < 1.29 is 31.4 Å². The van der Waals surface area contributed by atoms with Gasteiger partial charge in [-0.2, -0.15) is 18.3 Å². The van der Waals surface area contributed by atoms with Crippen LogP contribution in [-0.4, -0.2) is 34.6 Å². The van der Waals surface area contributed by atoms with Gasteiger partial charge in [-0.3, -0.25) is 4.68 Å². The van der Waals surface area contributed by atoms with Gasteiger partial charge in [0.25, 0.3) is 0 Å². The number of aliphatic hydroxyl groups excluding tert-OH is 1. The van der Waals surface area contributed by atoms with Gasteiger partial charge in [-0.1, -0.05) is 24.3 Å². The van der Waals surface area contributed by atoms with Crippen LogP contribution in [0.3, 0.4) is 0 Å². The lowest BCUT2D eigenvalue weighted by molar-refractivity contribution is -0.136. The Kier molecular flexibility index (Phi) is 6.61. The summed E-state index contributed by atoms with van der Waals surface area (Å²) in [7, 11) is 0. The predicted octanol–water partition coefficient (Wildman–Crippen LogP) is 6.40. The molecule has 1 aliphatic heterocycles. The standard InChI is InChI=1S/C27H23F6N3O/c28-18-11-23(29)21(24(30)12-18)14-36-26(20-4-1-5-22(25(20)34-36)27(31,32)33)17-6-8-19(9-7-17)35-10-2-3-16(13-35)15-37/h1,4-9,11-12,16,37H,2-3,10,13-15H2. The maximum Gasteiger partial charge on any atom is 0.418 e. The van der Waals surface area contributed by atoms with Crippen LogP contribution in [0.4, 0.5) is 32.0 Å². The molecule has 0 spiro atoms. The molecule has 1 saturated heterocycles. The van der Waals surface area contributed by atoms with Gasteiger partial charge in [-0.15, -0.1) is 0 Å². The fourth-order valence-electron chi connectivity index (χ4n) is 4.95. The summed E-state index contributed by atoms with van der Waals surface area (Å²) in [5.41, 5.74) is -0.177. The van der Waals surface area contributed by atoms with Crippen molar-refractivity contribution in [3.8, 4) is 11.3 Å². The number of rotatable bonds is 5. The van der Waals surface area contributed by atoms with Crippen molar-refractivity contribution in [3.05, 3.63) is 83.2 Å². The molecule has 4 aromatic rings. The lowest BCUT2D eigenvalue weighted by Crippen LogP contribution is -2.36. The normalized spacial score (nSPS) is 16.5. The Morgan fingerprint density at radius 3 is 2.32 bits per heavy atom. The minimum absolute atomic E-state index is 0.0950. The summed E-state index contributed by atoms with van der Waals surface area (Å²) < 4.78 is 84.7. The van der Waals surface area contributed by atoms with Crippen LogP contribution in [0.1, 0.15) is 24.0 Å². The average molecular weight is 519 g/mol. The summed E-state index contributed by atoms with van der Waals surface area (Å²) in [6, 6.07) is 11.8. The van der Waals surface area contributed by atoms with Gasteiger partial charge in [-0.25, -0.2) is 13.2 Å². The van der Waals surface area contributed by atoms with E-state index in [1.807, 2.05) is 12.1 Å². The van der Waals surface area contributed by atoms with Gasteiger partial charge >= 0.3 is 6.18 Å². The van der Waals surface area contributed by atoms with Crippen molar-refractivity contribution in [2.24, 2.45) is 5.92 Å². The van der Waals surface area contributed by atoms with Crippen LogP contribution in [0.25, 0.3) is 22.2 Å². The van der Waals surface area contributed by atoms with E-state index in [1.54, 1.807) is 12.1 Å². The number of hydrogen-bond donors (Lipinski definition) is 1. The lowest BCUT2D eigenvalue weighted by atomic mass is 9.98. The first-order chi connectivity index (χ1) is 17.7. The third kappa shape index (κ3) is 4.90.